The molecule has 0 aliphatic carbocycles. The number of piperidine rings is 1. The number of hydrogen-bond acceptors (Lipinski definition) is 3. The van der Waals surface area contributed by atoms with Crippen molar-refractivity contribution < 1.29 is 18.7 Å². The fourth-order valence-electron chi connectivity index (χ4n) is 2.89. The highest BCUT2D eigenvalue weighted by Crippen LogP contribution is 2.27. The van der Waals surface area contributed by atoms with Crippen molar-refractivity contribution in [2.75, 3.05) is 19.6 Å². The molecule has 0 atom stereocenters. The minimum atomic E-state index is -0.523. The largest absolute Gasteiger partial charge is 0.444 e. The van der Waals surface area contributed by atoms with Crippen LogP contribution in [0.1, 0.15) is 49.5 Å². The Morgan fingerprint density at radius 1 is 1.31 bits per heavy atom. The maximum absolute atomic E-state index is 14.1. The van der Waals surface area contributed by atoms with E-state index in [9.17, 15) is 14.0 Å². The van der Waals surface area contributed by atoms with Gasteiger partial charge in [-0.1, -0.05) is 6.07 Å². The maximum atomic E-state index is 14.1. The van der Waals surface area contributed by atoms with Crippen LogP contribution in [0.15, 0.2) is 16.6 Å². The molecule has 0 aromatic heterocycles. The highest BCUT2D eigenvalue weighted by atomic mass is 79.9. The number of carbonyl (C=O) groups is 2. The number of benzene rings is 1. The van der Waals surface area contributed by atoms with Gasteiger partial charge in [-0.2, -0.15) is 0 Å². The topological polar surface area (TPSA) is 58.6 Å². The first-order valence-electron chi connectivity index (χ1n) is 8.79. The summed E-state index contributed by atoms with van der Waals surface area (Å²) in [5.41, 5.74) is 0.395. The van der Waals surface area contributed by atoms with Gasteiger partial charge in [-0.3, -0.25) is 4.79 Å². The molecule has 0 radical (unpaired) electrons. The number of carbonyl (C=O) groups excluding carboxylic acids is 2. The molecule has 7 heteroatoms. The summed E-state index contributed by atoms with van der Waals surface area (Å²) in [4.78, 5) is 26.1. The number of nitrogens with one attached hydrogen (secondary N) is 1. The molecule has 1 aliphatic heterocycles. The summed E-state index contributed by atoms with van der Waals surface area (Å²) in [6.07, 6.45) is 1.08. The van der Waals surface area contributed by atoms with Crippen molar-refractivity contribution in [2.45, 2.75) is 46.1 Å². The zero-order chi connectivity index (χ0) is 19.5. The van der Waals surface area contributed by atoms with Gasteiger partial charge in [-0.15, -0.1) is 0 Å². The molecule has 2 amide bonds. The Morgan fingerprint density at radius 2 is 1.92 bits per heavy atom. The van der Waals surface area contributed by atoms with E-state index in [0.29, 0.717) is 24.1 Å². The zero-order valence-corrected chi connectivity index (χ0v) is 17.3. The van der Waals surface area contributed by atoms with E-state index in [1.807, 2.05) is 27.7 Å². The van der Waals surface area contributed by atoms with Crippen LogP contribution in [0, 0.1) is 18.7 Å². The standard InChI is InChI=1S/C19H26BrFN2O3/c1-12-5-6-14(21)15(16(12)20)17(24)23-9-7-13(8-10-23)11-22-18(25)26-19(2,3)4/h5-6,13H,7-11H2,1-4H3,(H,22,25). The number of likely N-dealkylation sites (tertiary alicyclic amines) is 1. The van der Waals surface area contributed by atoms with Crippen molar-refractivity contribution in [3.05, 3.63) is 33.5 Å². The summed E-state index contributed by atoms with van der Waals surface area (Å²) in [5.74, 6) is -0.532. The van der Waals surface area contributed by atoms with E-state index < -0.39 is 17.5 Å². The smallest absolute Gasteiger partial charge is 0.407 e. The monoisotopic (exact) mass is 428 g/mol. The third-order valence-electron chi connectivity index (χ3n) is 4.33. The molecule has 1 aromatic carbocycles. The second-order valence-corrected chi connectivity index (χ2v) is 8.46. The first-order valence-corrected chi connectivity index (χ1v) is 9.58. The minimum absolute atomic E-state index is 0.0929. The SMILES string of the molecule is Cc1ccc(F)c(C(=O)N2CCC(CNC(=O)OC(C)(C)C)CC2)c1Br. The van der Waals surface area contributed by atoms with Crippen LogP contribution in [0.3, 0.4) is 0 Å². The second-order valence-electron chi connectivity index (χ2n) is 7.67. The fraction of sp³-hybridized carbons (Fsp3) is 0.579. The Hall–Kier alpha value is -1.63. The van der Waals surface area contributed by atoms with E-state index >= 15 is 0 Å². The van der Waals surface area contributed by atoms with Crippen LogP contribution >= 0.6 is 15.9 Å². The number of nitrogens with zero attached hydrogens (tertiary/aromatic N) is 1. The average Bonchev–Trinajstić information content (AvgIpc) is 2.55. The van der Waals surface area contributed by atoms with Crippen molar-refractivity contribution in [1.29, 1.82) is 0 Å². The summed E-state index contributed by atoms with van der Waals surface area (Å²) in [6, 6.07) is 2.97. The predicted molar refractivity (Wildman–Crippen MR) is 102 cm³/mol. The van der Waals surface area contributed by atoms with Crippen LogP contribution in [-0.4, -0.2) is 42.1 Å². The minimum Gasteiger partial charge on any atom is -0.444 e. The first kappa shape index (κ1) is 20.7. The lowest BCUT2D eigenvalue weighted by Crippen LogP contribution is -2.42. The zero-order valence-electron chi connectivity index (χ0n) is 15.7. The molecule has 26 heavy (non-hydrogen) atoms. The lowest BCUT2D eigenvalue weighted by molar-refractivity contribution is 0.0499. The Morgan fingerprint density at radius 3 is 2.50 bits per heavy atom. The van der Waals surface area contributed by atoms with Crippen LogP contribution < -0.4 is 5.32 Å². The first-order chi connectivity index (χ1) is 12.1. The van der Waals surface area contributed by atoms with E-state index in [4.69, 9.17) is 4.74 Å². The van der Waals surface area contributed by atoms with Gasteiger partial charge in [0.2, 0.25) is 0 Å². The molecule has 0 spiro atoms. The molecule has 144 valence electrons. The number of aryl methyl sites for hydroxylation is 1. The van der Waals surface area contributed by atoms with Gasteiger partial charge in [0.1, 0.15) is 11.4 Å². The van der Waals surface area contributed by atoms with Crippen LogP contribution in [0.2, 0.25) is 0 Å². The molecule has 0 unspecified atom stereocenters. The van der Waals surface area contributed by atoms with E-state index in [1.165, 1.54) is 6.07 Å². The van der Waals surface area contributed by atoms with Gasteiger partial charge < -0.3 is 15.0 Å². The molecule has 1 N–H and O–H groups in total. The predicted octanol–water partition coefficient (Wildman–Crippen LogP) is 4.27. The molecule has 2 rings (SSSR count). The van der Waals surface area contributed by atoms with E-state index in [0.717, 1.165) is 18.4 Å². The van der Waals surface area contributed by atoms with Crippen molar-refractivity contribution in [1.82, 2.24) is 10.2 Å². The molecular weight excluding hydrogens is 403 g/mol. The van der Waals surface area contributed by atoms with E-state index in [2.05, 4.69) is 21.2 Å². The van der Waals surface area contributed by atoms with Gasteiger partial charge in [-0.25, -0.2) is 9.18 Å². The van der Waals surface area contributed by atoms with Gasteiger partial charge in [0.05, 0.1) is 5.56 Å². The number of amides is 2. The summed E-state index contributed by atoms with van der Waals surface area (Å²) in [5, 5.41) is 2.78. The maximum Gasteiger partial charge on any atom is 0.407 e. The molecule has 1 heterocycles. The molecule has 5 nitrogen and oxygen atoms in total. The molecule has 0 bridgehead atoms. The number of alkyl carbamates (subject to hydrolysis) is 1. The number of halogens is 2. The van der Waals surface area contributed by atoms with Gasteiger partial charge in [0, 0.05) is 24.1 Å². The summed E-state index contributed by atoms with van der Waals surface area (Å²) in [7, 11) is 0. The highest BCUT2D eigenvalue weighted by molar-refractivity contribution is 9.10. The molecule has 0 saturated carbocycles. The molecular formula is C19H26BrFN2O3. The summed E-state index contributed by atoms with van der Waals surface area (Å²) >= 11 is 3.33. The van der Waals surface area contributed by atoms with Gasteiger partial charge in [0.15, 0.2) is 0 Å². The molecule has 1 aliphatic rings. The second kappa shape index (κ2) is 8.37. The quantitative estimate of drug-likeness (QED) is 0.781. The number of hydrogen-bond donors (Lipinski definition) is 1. The Balaban J connectivity index is 1.88. The van der Waals surface area contributed by atoms with Gasteiger partial charge in [-0.05, 0) is 74.0 Å². The van der Waals surface area contributed by atoms with Gasteiger partial charge in [0.25, 0.3) is 5.91 Å². The average molecular weight is 429 g/mol. The Kier molecular flexibility index (Phi) is 6.66. The Bertz CT molecular complexity index is 680. The van der Waals surface area contributed by atoms with Crippen LogP contribution in [0.25, 0.3) is 0 Å². The lowest BCUT2D eigenvalue weighted by Gasteiger charge is -2.32. The number of ether oxygens (including phenoxy) is 1. The molecule has 1 fully saturated rings. The van der Waals surface area contributed by atoms with Gasteiger partial charge >= 0.3 is 6.09 Å². The van der Waals surface area contributed by atoms with Crippen LogP contribution in [0.4, 0.5) is 9.18 Å². The van der Waals surface area contributed by atoms with Crippen molar-refractivity contribution >= 4 is 27.9 Å². The lowest BCUT2D eigenvalue weighted by atomic mass is 9.96. The van der Waals surface area contributed by atoms with Crippen molar-refractivity contribution in [3.63, 3.8) is 0 Å². The van der Waals surface area contributed by atoms with Crippen LogP contribution in [0.5, 0.6) is 0 Å². The normalized spacial score (nSPS) is 15.7. The van der Waals surface area contributed by atoms with Crippen LogP contribution in [-0.2, 0) is 4.74 Å². The van der Waals surface area contributed by atoms with E-state index in [1.54, 1.807) is 11.0 Å². The Labute approximate surface area is 162 Å². The van der Waals surface area contributed by atoms with Crippen molar-refractivity contribution in [3.8, 4) is 0 Å². The molecule has 1 aromatic rings. The summed E-state index contributed by atoms with van der Waals surface area (Å²) < 4.78 is 19.9. The third-order valence-corrected chi connectivity index (χ3v) is 5.36. The third kappa shape index (κ3) is 5.43. The van der Waals surface area contributed by atoms with Crippen molar-refractivity contribution in [2.24, 2.45) is 5.92 Å². The fourth-order valence-corrected chi connectivity index (χ4v) is 3.38. The van der Waals surface area contributed by atoms with E-state index in [-0.39, 0.29) is 17.4 Å². The summed E-state index contributed by atoms with van der Waals surface area (Å²) in [6.45, 7) is 8.88. The highest BCUT2D eigenvalue weighted by Gasteiger charge is 2.27. The molecule has 1 saturated heterocycles. The number of rotatable bonds is 3.